The van der Waals surface area contributed by atoms with E-state index in [0.29, 0.717) is 29.1 Å². The molecule has 0 aliphatic carbocycles. The summed E-state index contributed by atoms with van der Waals surface area (Å²) in [5, 5.41) is 7.72. The summed E-state index contributed by atoms with van der Waals surface area (Å²) >= 11 is 12.0. The standard InChI is InChI=1S/C16H18Cl2N4/c1-11-3-4-12(8-20-11)9-21-16(19-2)22-10-13-5-6-14(17)7-15(13)18/h3-8H,9-10H2,1-2H3,(H2,19,21,22). The Morgan fingerprint density at radius 2 is 1.91 bits per heavy atom. The third-order valence-electron chi connectivity index (χ3n) is 3.12. The van der Waals surface area contributed by atoms with Crippen LogP contribution in [0.4, 0.5) is 0 Å². The van der Waals surface area contributed by atoms with Gasteiger partial charge in [0, 0.05) is 42.1 Å². The first kappa shape index (κ1) is 16.6. The summed E-state index contributed by atoms with van der Waals surface area (Å²) in [6.45, 7) is 3.19. The molecule has 0 aliphatic heterocycles. The van der Waals surface area contributed by atoms with Crippen LogP contribution in [0.15, 0.2) is 41.5 Å². The van der Waals surface area contributed by atoms with Crippen LogP contribution in [0.1, 0.15) is 16.8 Å². The van der Waals surface area contributed by atoms with Crippen LogP contribution >= 0.6 is 23.2 Å². The van der Waals surface area contributed by atoms with E-state index >= 15 is 0 Å². The number of nitrogens with one attached hydrogen (secondary N) is 2. The van der Waals surface area contributed by atoms with Crippen molar-refractivity contribution in [2.24, 2.45) is 4.99 Å². The topological polar surface area (TPSA) is 49.3 Å². The van der Waals surface area contributed by atoms with E-state index in [1.54, 1.807) is 13.1 Å². The molecule has 6 heteroatoms. The summed E-state index contributed by atoms with van der Waals surface area (Å²) in [4.78, 5) is 8.45. The van der Waals surface area contributed by atoms with Crippen LogP contribution in [0.25, 0.3) is 0 Å². The van der Waals surface area contributed by atoms with Crippen molar-refractivity contribution in [2.75, 3.05) is 7.05 Å². The molecule has 0 atom stereocenters. The van der Waals surface area contributed by atoms with Crippen molar-refractivity contribution < 1.29 is 0 Å². The summed E-state index contributed by atoms with van der Waals surface area (Å²) in [6.07, 6.45) is 1.85. The van der Waals surface area contributed by atoms with Crippen molar-refractivity contribution in [3.05, 3.63) is 63.4 Å². The third kappa shape index (κ3) is 4.90. The van der Waals surface area contributed by atoms with E-state index in [0.717, 1.165) is 16.8 Å². The summed E-state index contributed by atoms with van der Waals surface area (Å²) in [5.41, 5.74) is 3.06. The lowest BCUT2D eigenvalue weighted by molar-refractivity contribution is 0.806. The normalized spacial score (nSPS) is 11.4. The van der Waals surface area contributed by atoms with Gasteiger partial charge in [-0.1, -0.05) is 35.3 Å². The molecule has 0 spiro atoms. The largest absolute Gasteiger partial charge is 0.352 e. The quantitative estimate of drug-likeness (QED) is 0.662. The van der Waals surface area contributed by atoms with Gasteiger partial charge in [0.2, 0.25) is 0 Å². The Labute approximate surface area is 140 Å². The lowest BCUT2D eigenvalue weighted by Crippen LogP contribution is -2.36. The van der Waals surface area contributed by atoms with Gasteiger partial charge in [0.05, 0.1) is 0 Å². The van der Waals surface area contributed by atoms with Crippen molar-refractivity contribution >= 4 is 29.2 Å². The van der Waals surface area contributed by atoms with Gasteiger partial charge in [-0.2, -0.15) is 0 Å². The predicted molar refractivity (Wildman–Crippen MR) is 92.5 cm³/mol. The molecule has 1 aromatic heterocycles. The molecule has 1 aromatic carbocycles. The van der Waals surface area contributed by atoms with Crippen molar-refractivity contribution in [1.29, 1.82) is 0 Å². The van der Waals surface area contributed by atoms with E-state index in [4.69, 9.17) is 23.2 Å². The summed E-state index contributed by atoms with van der Waals surface area (Å²) in [6, 6.07) is 9.47. The second-order valence-electron chi connectivity index (χ2n) is 4.82. The van der Waals surface area contributed by atoms with Crippen molar-refractivity contribution in [3.63, 3.8) is 0 Å². The fourth-order valence-corrected chi connectivity index (χ4v) is 2.33. The lowest BCUT2D eigenvalue weighted by Gasteiger charge is -2.13. The van der Waals surface area contributed by atoms with Gasteiger partial charge < -0.3 is 10.6 Å². The summed E-state index contributed by atoms with van der Waals surface area (Å²) in [5.74, 6) is 0.701. The minimum atomic E-state index is 0.571. The van der Waals surface area contributed by atoms with Crippen LogP contribution in [-0.4, -0.2) is 18.0 Å². The Morgan fingerprint density at radius 3 is 2.55 bits per heavy atom. The van der Waals surface area contributed by atoms with Gasteiger partial charge in [0.15, 0.2) is 5.96 Å². The second kappa shape index (κ2) is 8.01. The number of nitrogens with zero attached hydrogens (tertiary/aromatic N) is 2. The molecule has 0 saturated carbocycles. The molecular formula is C16H18Cl2N4. The van der Waals surface area contributed by atoms with E-state index in [1.165, 1.54) is 0 Å². The fraction of sp³-hybridized carbons (Fsp3) is 0.250. The number of hydrogen-bond acceptors (Lipinski definition) is 2. The number of halogens is 2. The highest BCUT2D eigenvalue weighted by atomic mass is 35.5. The van der Waals surface area contributed by atoms with Crippen LogP contribution in [-0.2, 0) is 13.1 Å². The second-order valence-corrected chi connectivity index (χ2v) is 5.67. The molecule has 22 heavy (non-hydrogen) atoms. The number of aromatic nitrogens is 1. The molecule has 2 aromatic rings. The molecule has 116 valence electrons. The molecule has 0 fully saturated rings. The highest BCUT2D eigenvalue weighted by molar-refractivity contribution is 6.35. The van der Waals surface area contributed by atoms with Gasteiger partial charge in [0.25, 0.3) is 0 Å². The lowest BCUT2D eigenvalue weighted by atomic mass is 10.2. The minimum absolute atomic E-state index is 0.571. The Kier molecular flexibility index (Phi) is 6.04. The number of aryl methyl sites for hydroxylation is 1. The van der Waals surface area contributed by atoms with Gasteiger partial charge in [-0.25, -0.2) is 0 Å². The van der Waals surface area contributed by atoms with Gasteiger partial charge in [-0.05, 0) is 36.2 Å². The molecule has 0 amide bonds. The third-order valence-corrected chi connectivity index (χ3v) is 3.70. The number of hydrogen-bond donors (Lipinski definition) is 2. The van der Waals surface area contributed by atoms with Crippen LogP contribution in [0.2, 0.25) is 10.0 Å². The average molecular weight is 337 g/mol. The van der Waals surface area contributed by atoms with Crippen LogP contribution in [0, 0.1) is 6.92 Å². The van der Waals surface area contributed by atoms with E-state index in [9.17, 15) is 0 Å². The maximum absolute atomic E-state index is 6.15. The molecule has 0 saturated heterocycles. The Morgan fingerprint density at radius 1 is 1.14 bits per heavy atom. The zero-order valence-corrected chi connectivity index (χ0v) is 14.0. The zero-order valence-electron chi connectivity index (χ0n) is 12.5. The molecule has 4 nitrogen and oxygen atoms in total. The van der Waals surface area contributed by atoms with Crippen molar-refractivity contribution in [1.82, 2.24) is 15.6 Å². The number of guanidine groups is 1. The van der Waals surface area contributed by atoms with Gasteiger partial charge in [-0.15, -0.1) is 0 Å². The Bertz CT molecular complexity index is 654. The average Bonchev–Trinajstić information content (AvgIpc) is 2.51. The molecule has 0 bridgehead atoms. The molecule has 1 heterocycles. The maximum atomic E-state index is 6.15. The van der Waals surface area contributed by atoms with E-state index < -0.39 is 0 Å². The smallest absolute Gasteiger partial charge is 0.191 e. The first-order valence-corrected chi connectivity index (χ1v) is 7.64. The number of benzene rings is 1. The van der Waals surface area contributed by atoms with E-state index in [1.807, 2.05) is 37.4 Å². The highest BCUT2D eigenvalue weighted by Crippen LogP contribution is 2.20. The van der Waals surface area contributed by atoms with E-state index in [-0.39, 0.29) is 0 Å². The number of pyridine rings is 1. The molecule has 2 N–H and O–H groups in total. The monoisotopic (exact) mass is 336 g/mol. The first-order valence-electron chi connectivity index (χ1n) is 6.88. The van der Waals surface area contributed by atoms with Crippen LogP contribution in [0.5, 0.6) is 0 Å². The van der Waals surface area contributed by atoms with Crippen molar-refractivity contribution in [3.8, 4) is 0 Å². The molecule has 0 aliphatic rings. The van der Waals surface area contributed by atoms with Crippen LogP contribution in [0.3, 0.4) is 0 Å². The molecule has 2 rings (SSSR count). The summed E-state index contributed by atoms with van der Waals surface area (Å²) < 4.78 is 0. The zero-order chi connectivity index (χ0) is 15.9. The van der Waals surface area contributed by atoms with Gasteiger partial charge in [0.1, 0.15) is 0 Å². The predicted octanol–water partition coefficient (Wildman–Crippen LogP) is 3.56. The minimum Gasteiger partial charge on any atom is -0.352 e. The first-order chi connectivity index (χ1) is 10.6. The Hall–Kier alpha value is -1.78. The maximum Gasteiger partial charge on any atom is 0.191 e. The Balaban J connectivity index is 1.88. The highest BCUT2D eigenvalue weighted by Gasteiger charge is 2.03. The van der Waals surface area contributed by atoms with Crippen molar-refractivity contribution in [2.45, 2.75) is 20.0 Å². The van der Waals surface area contributed by atoms with Gasteiger partial charge >= 0.3 is 0 Å². The van der Waals surface area contributed by atoms with Gasteiger partial charge in [-0.3, -0.25) is 9.98 Å². The number of rotatable bonds is 4. The molecule has 0 radical (unpaired) electrons. The fourth-order valence-electron chi connectivity index (χ4n) is 1.85. The molecule has 0 unspecified atom stereocenters. The van der Waals surface area contributed by atoms with E-state index in [2.05, 4.69) is 20.6 Å². The SMILES string of the molecule is CN=C(NCc1ccc(C)nc1)NCc1ccc(Cl)cc1Cl. The summed E-state index contributed by atoms with van der Waals surface area (Å²) in [7, 11) is 1.73. The molecular weight excluding hydrogens is 319 g/mol. The number of aliphatic imine (C=N–C) groups is 1. The van der Waals surface area contributed by atoms with Crippen LogP contribution < -0.4 is 10.6 Å².